The molecule has 0 saturated carbocycles. The maximum absolute atomic E-state index is 12.1. The highest BCUT2D eigenvalue weighted by Crippen LogP contribution is 2.26. The van der Waals surface area contributed by atoms with Crippen molar-refractivity contribution in [2.75, 3.05) is 0 Å². The third-order valence-corrected chi connectivity index (χ3v) is 4.02. The Hall–Kier alpha value is -2.99. The number of nitrogens with zero attached hydrogens (tertiary/aromatic N) is 1. The summed E-state index contributed by atoms with van der Waals surface area (Å²) >= 11 is 3.32. The number of hydrogen-bond donors (Lipinski definition) is 0. The molecule has 2 aromatic carbocycles. The highest BCUT2D eigenvalue weighted by atomic mass is 79.9. The van der Waals surface area contributed by atoms with Crippen LogP contribution >= 0.6 is 15.9 Å². The van der Waals surface area contributed by atoms with Crippen LogP contribution in [0.4, 0.5) is 5.69 Å². The number of carbonyl (C=O) groups is 1. The molecule has 25 heavy (non-hydrogen) atoms. The summed E-state index contributed by atoms with van der Waals surface area (Å²) in [5.74, 6) is 0.854. The predicted octanol–water partition coefficient (Wildman–Crippen LogP) is 5.51. The number of hydrogen-bond acceptors (Lipinski definition) is 4. The molecular formula is C19H12BrNO4. The van der Waals surface area contributed by atoms with Crippen LogP contribution < -0.4 is 0 Å². The van der Waals surface area contributed by atoms with E-state index in [1.54, 1.807) is 54.6 Å². The van der Waals surface area contributed by atoms with E-state index in [1.165, 1.54) is 18.2 Å². The monoisotopic (exact) mass is 397 g/mol. The van der Waals surface area contributed by atoms with E-state index in [9.17, 15) is 14.9 Å². The Morgan fingerprint density at radius 3 is 2.56 bits per heavy atom. The molecule has 3 rings (SSSR count). The molecule has 0 bridgehead atoms. The molecule has 0 N–H and O–H groups in total. The van der Waals surface area contributed by atoms with Crippen molar-refractivity contribution in [3.05, 3.63) is 92.7 Å². The summed E-state index contributed by atoms with van der Waals surface area (Å²) in [5, 5.41) is 10.8. The van der Waals surface area contributed by atoms with Gasteiger partial charge in [0.05, 0.1) is 4.92 Å². The maximum atomic E-state index is 12.1. The highest BCUT2D eigenvalue weighted by molar-refractivity contribution is 9.10. The molecule has 0 fully saturated rings. The van der Waals surface area contributed by atoms with E-state index in [-0.39, 0.29) is 11.5 Å². The molecule has 3 aromatic rings. The number of nitro benzene ring substituents is 1. The van der Waals surface area contributed by atoms with Crippen LogP contribution in [0.5, 0.6) is 0 Å². The molecule has 0 amide bonds. The minimum Gasteiger partial charge on any atom is -0.457 e. The van der Waals surface area contributed by atoms with Gasteiger partial charge < -0.3 is 4.42 Å². The average Bonchev–Trinajstić information content (AvgIpc) is 3.09. The molecular weight excluding hydrogens is 386 g/mol. The molecule has 0 aliphatic rings. The zero-order valence-corrected chi connectivity index (χ0v) is 14.5. The summed E-state index contributed by atoms with van der Waals surface area (Å²) in [5.41, 5.74) is 1.18. The minimum atomic E-state index is -0.454. The summed E-state index contributed by atoms with van der Waals surface area (Å²) in [6.45, 7) is 0. The number of nitro groups is 1. The number of ketones is 1. The summed E-state index contributed by atoms with van der Waals surface area (Å²) in [6.07, 6.45) is 3.00. The van der Waals surface area contributed by atoms with Gasteiger partial charge in [-0.15, -0.1) is 0 Å². The lowest BCUT2D eigenvalue weighted by Crippen LogP contribution is -1.92. The first-order chi connectivity index (χ1) is 12.0. The number of furan rings is 1. The molecule has 6 heteroatoms. The van der Waals surface area contributed by atoms with Gasteiger partial charge in [-0.2, -0.15) is 0 Å². The van der Waals surface area contributed by atoms with Crippen molar-refractivity contribution in [3.8, 4) is 11.3 Å². The second kappa shape index (κ2) is 7.27. The van der Waals surface area contributed by atoms with Crippen LogP contribution in [0.2, 0.25) is 0 Å². The second-order valence-electron chi connectivity index (χ2n) is 5.21. The van der Waals surface area contributed by atoms with Crippen molar-refractivity contribution in [1.82, 2.24) is 0 Å². The molecule has 1 aromatic heterocycles. The van der Waals surface area contributed by atoms with Crippen LogP contribution in [-0.2, 0) is 0 Å². The molecule has 0 aliphatic carbocycles. The van der Waals surface area contributed by atoms with Crippen LogP contribution in [0.15, 0.2) is 75.6 Å². The third kappa shape index (κ3) is 4.10. The topological polar surface area (TPSA) is 73.3 Å². The Kier molecular flexibility index (Phi) is 4.90. The van der Waals surface area contributed by atoms with Gasteiger partial charge in [0.2, 0.25) is 0 Å². The number of carbonyl (C=O) groups excluding carboxylic acids is 1. The highest BCUT2D eigenvalue weighted by Gasteiger charge is 2.10. The van der Waals surface area contributed by atoms with E-state index < -0.39 is 4.92 Å². The molecule has 0 atom stereocenters. The van der Waals surface area contributed by atoms with E-state index in [0.29, 0.717) is 22.6 Å². The van der Waals surface area contributed by atoms with Gasteiger partial charge in [0.15, 0.2) is 5.78 Å². The average molecular weight is 398 g/mol. The molecule has 1 heterocycles. The zero-order valence-electron chi connectivity index (χ0n) is 12.9. The van der Waals surface area contributed by atoms with Gasteiger partial charge in [-0.3, -0.25) is 14.9 Å². The van der Waals surface area contributed by atoms with Crippen molar-refractivity contribution in [3.63, 3.8) is 0 Å². The van der Waals surface area contributed by atoms with Gasteiger partial charge in [-0.05, 0) is 48.6 Å². The number of halogens is 1. The van der Waals surface area contributed by atoms with E-state index in [4.69, 9.17) is 4.42 Å². The Balaban J connectivity index is 1.77. The van der Waals surface area contributed by atoms with Gasteiger partial charge in [0.1, 0.15) is 11.5 Å². The van der Waals surface area contributed by atoms with Crippen molar-refractivity contribution >= 4 is 33.5 Å². The Labute approximate surface area is 151 Å². The largest absolute Gasteiger partial charge is 0.457 e. The quantitative estimate of drug-likeness (QED) is 0.246. The van der Waals surface area contributed by atoms with Crippen molar-refractivity contribution in [2.24, 2.45) is 0 Å². The molecule has 0 unspecified atom stereocenters. The first-order valence-electron chi connectivity index (χ1n) is 7.35. The molecule has 0 radical (unpaired) electrons. The number of benzene rings is 2. The maximum Gasteiger partial charge on any atom is 0.270 e. The fourth-order valence-corrected chi connectivity index (χ4v) is 2.50. The smallest absolute Gasteiger partial charge is 0.270 e. The van der Waals surface area contributed by atoms with Crippen LogP contribution in [-0.4, -0.2) is 10.7 Å². The predicted molar refractivity (Wildman–Crippen MR) is 98.3 cm³/mol. The van der Waals surface area contributed by atoms with Gasteiger partial charge in [-0.25, -0.2) is 0 Å². The Bertz CT molecular complexity index is 958. The van der Waals surface area contributed by atoms with Crippen molar-refractivity contribution in [2.45, 2.75) is 0 Å². The standard InChI is InChI=1S/C19H12BrNO4/c20-15-6-4-13(5-7-15)18(22)10-8-17-9-11-19(25-17)14-2-1-3-16(12-14)21(23)24/h1-12H. The third-order valence-electron chi connectivity index (χ3n) is 3.50. The van der Waals surface area contributed by atoms with E-state index in [2.05, 4.69) is 15.9 Å². The summed E-state index contributed by atoms with van der Waals surface area (Å²) in [7, 11) is 0. The van der Waals surface area contributed by atoms with E-state index in [1.807, 2.05) is 0 Å². The number of allylic oxidation sites excluding steroid dienone is 1. The van der Waals surface area contributed by atoms with E-state index in [0.717, 1.165) is 4.47 Å². The van der Waals surface area contributed by atoms with Crippen molar-refractivity contribution < 1.29 is 14.1 Å². The molecule has 0 aliphatic heterocycles. The fraction of sp³-hybridized carbons (Fsp3) is 0. The summed E-state index contributed by atoms with van der Waals surface area (Å²) in [6, 6.07) is 16.7. The Morgan fingerprint density at radius 2 is 1.84 bits per heavy atom. The molecule has 5 nitrogen and oxygen atoms in total. The Morgan fingerprint density at radius 1 is 1.08 bits per heavy atom. The van der Waals surface area contributed by atoms with Crippen LogP contribution in [0.25, 0.3) is 17.4 Å². The SMILES string of the molecule is O=C(C=Cc1ccc(-c2cccc([N+](=O)[O-])c2)o1)c1ccc(Br)cc1. The summed E-state index contributed by atoms with van der Waals surface area (Å²) in [4.78, 5) is 22.5. The first kappa shape index (κ1) is 16.9. The van der Waals surface area contributed by atoms with Crippen LogP contribution in [0.3, 0.4) is 0 Å². The molecule has 0 saturated heterocycles. The van der Waals surface area contributed by atoms with E-state index >= 15 is 0 Å². The van der Waals surface area contributed by atoms with Crippen LogP contribution in [0.1, 0.15) is 16.1 Å². The normalized spacial score (nSPS) is 10.9. The van der Waals surface area contributed by atoms with Gasteiger partial charge in [-0.1, -0.05) is 28.1 Å². The van der Waals surface area contributed by atoms with Gasteiger partial charge >= 0.3 is 0 Å². The molecule has 0 spiro atoms. The lowest BCUT2D eigenvalue weighted by atomic mass is 10.1. The fourth-order valence-electron chi connectivity index (χ4n) is 2.24. The lowest BCUT2D eigenvalue weighted by Gasteiger charge is -1.97. The van der Waals surface area contributed by atoms with Crippen molar-refractivity contribution in [1.29, 1.82) is 0 Å². The zero-order chi connectivity index (χ0) is 17.8. The number of rotatable bonds is 5. The second-order valence-corrected chi connectivity index (χ2v) is 6.13. The number of non-ortho nitro benzene ring substituents is 1. The lowest BCUT2D eigenvalue weighted by molar-refractivity contribution is -0.384. The minimum absolute atomic E-state index is 0.00333. The van der Waals surface area contributed by atoms with Gasteiger partial charge in [0.25, 0.3) is 5.69 Å². The van der Waals surface area contributed by atoms with Gasteiger partial charge in [0, 0.05) is 27.7 Å². The van der Waals surface area contributed by atoms with Crippen LogP contribution in [0, 0.1) is 10.1 Å². The first-order valence-corrected chi connectivity index (χ1v) is 8.15. The summed E-state index contributed by atoms with van der Waals surface area (Å²) < 4.78 is 6.54. The molecule has 124 valence electrons.